The highest BCUT2D eigenvalue weighted by Gasteiger charge is 2.25. The van der Waals surface area contributed by atoms with Crippen LogP contribution in [0.1, 0.15) is 26.7 Å². The quantitative estimate of drug-likeness (QED) is 0.806. The summed E-state index contributed by atoms with van der Waals surface area (Å²) in [6, 6.07) is 5.18. The van der Waals surface area contributed by atoms with E-state index in [1.807, 2.05) is 6.07 Å². The van der Waals surface area contributed by atoms with Crippen molar-refractivity contribution in [1.82, 2.24) is 0 Å². The molecule has 0 aliphatic carbocycles. The molecule has 1 aliphatic rings. The number of hydrogen-bond acceptors (Lipinski definition) is 4. The summed E-state index contributed by atoms with van der Waals surface area (Å²) in [5.74, 6) is 0.577. The molecule has 2 atom stereocenters. The van der Waals surface area contributed by atoms with E-state index in [1.54, 1.807) is 6.07 Å². The molecule has 1 saturated heterocycles. The van der Waals surface area contributed by atoms with Crippen LogP contribution >= 0.6 is 0 Å². The molecule has 19 heavy (non-hydrogen) atoms. The van der Waals surface area contributed by atoms with Crippen molar-refractivity contribution in [2.75, 3.05) is 17.2 Å². The van der Waals surface area contributed by atoms with Gasteiger partial charge < -0.3 is 10.6 Å². The van der Waals surface area contributed by atoms with E-state index in [2.05, 4.69) is 18.7 Å². The van der Waals surface area contributed by atoms with E-state index in [-0.39, 0.29) is 4.90 Å². The lowest BCUT2D eigenvalue weighted by Gasteiger charge is -2.39. The highest BCUT2D eigenvalue weighted by molar-refractivity contribution is 7.89. The third kappa shape index (κ3) is 3.01. The van der Waals surface area contributed by atoms with Gasteiger partial charge in [0.15, 0.2) is 0 Å². The summed E-state index contributed by atoms with van der Waals surface area (Å²) in [6.07, 6.45) is 2.30. The van der Waals surface area contributed by atoms with Crippen LogP contribution in [0.25, 0.3) is 0 Å². The molecular weight excluding hydrogens is 262 g/mol. The van der Waals surface area contributed by atoms with Crippen LogP contribution < -0.4 is 15.8 Å². The van der Waals surface area contributed by atoms with Crippen LogP contribution in [0.5, 0.6) is 0 Å². The number of rotatable bonds is 2. The molecule has 4 N–H and O–H groups in total. The number of anilines is 2. The first-order valence-electron chi connectivity index (χ1n) is 6.49. The molecule has 0 spiro atoms. The summed E-state index contributed by atoms with van der Waals surface area (Å²) in [7, 11) is -3.72. The topological polar surface area (TPSA) is 89.4 Å². The van der Waals surface area contributed by atoms with Crippen molar-refractivity contribution >= 4 is 21.4 Å². The third-order valence-corrected chi connectivity index (χ3v) is 4.84. The first-order chi connectivity index (χ1) is 8.79. The fraction of sp³-hybridized carbons (Fsp3) is 0.538. The summed E-state index contributed by atoms with van der Waals surface area (Å²) in [4.78, 5) is 2.28. The maximum Gasteiger partial charge on any atom is 0.238 e. The van der Waals surface area contributed by atoms with Gasteiger partial charge in [-0.1, -0.05) is 6.92 Å². The Morgan fingerprint density at radius 1 is 1.26 bits per heavy atom. The monoisotopic (exact) mass is 283 g/mol. The summed E-state index contributed by atoms with van der Waals surface area (Å²) in [6.45, 7) is 5.28. The first kappa shape index (κ1) is 14.1. The van der Waals surface area contributed by atoms with Crippen LogP contribution in [0, 0.1) is 5.92 Å². The molecule has 0 aromatic heterocycles. The number of hydrogen-bond donors (Lipinski definition) is 2. The van der Waals surface area contributed by atoms with Gasteiger partial charge in [-0.05, 0) is 43.9 Å². The largest absolute Gasteiger partial charge is 0.399 e. The van der Waals surface area contributed by atoms with Crippen molar-refractivity contribution in [3.63, 3.8) is 0 Å². The summed E-state index contributed by atoms with van der Waals surface area (Å²) >= 11 is 0. The lowest BCUT2D eigenvalue weighted by atomic mass is 9.91. The SMILES string of the molecule is CC1CCCN(c2cc(N)cc(S(N)(=O)=O)c2)C1C. The molecule has 6 heteroatoms. The fourth-order valence-electron chi connectivity index (χ4n) is 2.64. The normalized spacial score (nSPS) is 24.5. The van der Waals surface area contributed by atoms with Gasteiger partial charge in [-0.25, -0.2) is 13.6 Å². The van der Waals surface area contributed by atoms with E-state index in [0.29, 0.717) is 17.6 Å². The minimum Gasteiger partial charge on any atom is -0.399 e. The Kier molecular flexibility index (Phi) is 3.73. The van der Waals surface area contributed by atoms with E-state index >= 15 is 0 Å². The Bertz CT molecular complexity index is 571. The molecule has 0 radical (unpaired) electrons. The molecular formula is C13H21N3O2S. The lowest BCUT2D eigenvalue weighted by molar-refractivity contribution is 0.363. The van der Waals surface area contributed by atoms with Gasteiger partial charge in [-0.2, -0.15) is 0 Å². The zero-order valence-corrected chi connectivity index (χ0v) is 12.2. The minimum absolute atomic E-state index is 0.0768. The smallest absolute Gasteiger partial charge is 0.238 e. The number of benzene rings is 1. The zero-order valence-electron chi connectivity index (χ0n) is 11.3. The standard InChI is InChI=1S/C13H21N3O2S/c1-9-4-3-5-16(10(9)2)12-6-11(14)7-13(8-12)19(15,17)18/h6-10H,3-5,14H2,1-2H3,(H2,15,17,18). The number of piperidine rings is 1. The lowest BCUT2D eigenvalue weighted by Crippen LogP contribution is -2.42. The maximum absolute atomic E-state index is 11.5. The number of sulfonamides is 1. The van der Waals surface area contributed by atoms with E-state index in [4.69, 9.17) is 10.9 Å². The predicted octanol–water partition coefficient (Wildman–Crippen LogP) is 1.54. The number of nitrogens with two attached hydrogens (primary N) is 2. The molecule has 2 rings (SSSR count). The maximum atomic E-state index is 11.5. The van der Waals surface area contributed by atoms with Gasteiger partial charge in [-0.3, -0.25) is 0 Å². The first-order valence-corrected chi connectivity index (χ1v) is 8.03. The van der Waals surface area contributed by atoms with Gasteiger partial charge in [0.25, 0.3) is 0 Å². The van der Waals surface area contributed by atoms with Gasteiger partial charge in [-0.15, -0.1) is 0 Å². The van der Waals surface area contributed by atoms with Crippen LogP contribution in [0.3, 0.4) is 0 Å². The molecule has 0 saturated carbocycles. The third-order valence-electron chi connectivity index (χ3n) is 3.95. The molecule has 5 nitrogen and oxygen atoms in total. The van der Waals surface area contributed by atoms with Gasteiger partial charge in [0.2, 0.25) is 10.0 Å². The number of nitrogen functional groups attached to an aromatic ring is 1. The highest BCUT2D eigenvalue weighted by Crippen LogP contribution is 2.31. The van der Waals surface area contributed by atoms with Crippen molar-refractivity contribution in [3.05, 3.63) is 18.2 Å². The van der Waals surface area contributed by atoms with Crippen LogP contribution in [-0.2, 0) is 10.0 Å². The number of nitrogens with zero attached hydrogens (tertiary/aromatic N) is 1. The van der Waals surface area contributed by atoms with Gasteiger partial charge in [0, 0.05) is 24.0 Å². The second-order valence-electron chi connectivity index (χ2n) is 5.36. The molecule has 1 fully saturated rings. The Morgan fingerprint density at radius 2 is 1.95 bits per heavy atom. The molecule has 2 unspecified atom stereocenters. The summed E-state index contributed by atoms with van der Waals surface area (Å²) in [5, 5.41) is 5.18. The van der Waals surface area contributed by atoms with E-state index in [0.717, 1.165) is 18.7 Å². The minimum atomic E-state index is -3.72. The molecule has 0 bridgehead atoms. The van der Waals surface area contributed by atoms with Crippen LogP contribution in [0.2, 0.25) is 0 Å². The Hall–Kier alpha value is -1.27. The van der Waals surface area contributed by atoms with Crippen LogP contribution in [0.4, 0.5) is 11.4 Å². The summed E-state index contributed by atoms with van der Waals surface area (Å²) < 4.78 is 22.9. The van der Waals surface area contributed by atoms with E-state index in [1.165, 1.54) is 12.5 Å². The Morgan fingerprint density at radius 3 is 2.58 bits per heavy atom. The van der Waals surface area contributed by atoms with E-state index in [9.17, 15) is 8.42 Å². The molecule has 1 aliphatic heterocycles. The highest BCUT2D eigenvalue weighted by atomic mass is 32.2. The van der Waals surface area contributed by atoms with Gasteiger partial charge in [0.1, 0.15) is 0 Å². The molecule has 1 heterocycles. The van der Waals surface area contributed by atoms with Crippen molar-refractivity contribution in [1.29, 1.82) is 0 Å². The average molecular weight is 283 g/mol. The predicted molar refractivity (Wildman–Crippen MR) is 77.4 cm³/mol. The van der Waals surface area contributed by atoms with Gasteiger partial charge in [0.05, 0.1) is 4.90 Å². The van der Waals surface area contributed by atoms with E-state index < -0.39 is 10.0 Å². The molecule has 0 amide bonds. The van der Waals surface area contributed by atoms with Crippen molar-refractivity contribution in [2.24, 2.45) is 11.1 Å². The number of primary sulfonamides is 1. The van der Waals surface area contributed by atoms with Crippen LogP contribution in [-0.4, -0.2) is 21.0 Å². The summed E-state index contributed by atoms with van der Waals surface area (Å²) in [5.41, 5.74) is 7.06. The second-order valence-corrected chi connectivity index (χ2v) is 6.92. The van der Waals surface area contributed by atoms with Crippen LogP contribution in [0.15, 0.2) is 23.1 Å². The Labute approximate surface area is 114 Å². The zero-order chi connectivity index (χ0) is 14.2. The molecule has 1 aromatic rings. The average Bonchev–Trinajstić information content (AvgIpc) is 2.31. The van der Waals surface area contributed by atoms with Crippen molar-refractivity contribution in [3.8, 4) is 0 Å². The van der Waals surface area contributed by atoms with Crippen molar-refractivity contribution < 1.29 is 8.42 Å². The second kappa shape index (κ2) is 5.02. The molecule has 1 aromatic carbocycles. The molecule has 106 valence electrons. The van der Waals surface area contributed by atoms with Crippen molar-refractivity contribution in [2.45, 2.75) is 37.6 Å². The Balaban J connectivity index is 2.42. The van der Waals surface area contributed by atoms with Gasteiger partial charge >= 0.3 is 0 Å². The fourth-order valence-corrected chi connectivity index (χ4v) is 3.22.